The number of likely N-dealkylation sites (N-methyl/N-ethyl adjacent to an activating group) is 1. The van der Waals surface area contributed by atoms with Gasteiger partial charge < -0.3 is 15.0 Å². The Labute approximate surface area is 214 Å². The standard InChI is InChI=1S/C28H40FN6O/c1-19(16-33(2)3)13-20-14-25-24(15-26(20)36-4)28(30-22-8-11-35(12-9-22)23-5-6-23)32-27(31-25)18-34-10-7-21(29)17-34/h11,14-15,21-23H,1,5-10,12-13,16-18H2,2-4H3,(H,30,31,32)/q+1/t21-,22?/m1/s1. The minimum absolute atomic E-state index is 0.332. The predicted molar refractivity (Wildman–Crippen MR) is 143 cm³/mol. The summed E-state index contributed by atoms with van der Waals surface area (Å²) in [6.45, 7) is 7.94. The Morgan fingerprint density at radius 1 is 1.25 bits per heavy atom. The number of fused-ring (bicyclic) bond motifs is 1. The summed E-state index contributed by atoms with van der Waals surface area (Å²) in [6, 6.07) is 5.28. The van der Waals surface area contributed by atoms with Crippen molar-refractivity contribution in [2.75, 3.05) is 52.7 Å². The fourth-order valence-corrected chi connectivity index (χ4v) is 5.50. The van der Waals surface area contributed by atoms with Crippen LogP contribution in [0.5, 0.6) is 5.75 Å². The zero-order valence-corrected chi connectivity index (χ0v) is 22.0. The summed E-state index contributed by atoms with van der Waals surface area (Å²) >= 11 is 0. The van der Waals surface area contributed by atoms with E-state index < -0.39 is 6.17 Å². The Morgan fingerprint density at radius 3 is 2.72 bits per heavy atom. The molecule has 2 aromatic rings. The lowest BCUT2D eigenvalue weighted by Gasteiger charge is -2.23. The Morgan fingerprint density at radius 2 is 2.08 bits per heavy atom. The van der Waals surface area contributed by atoms with E-state index in [2.05, 4.69) is 44.6 Å². The van der Waals surface area contributed by atoms with Gasteiger partial charge in [0.2, 0.25) is 0 Å². The lowest BCUT2D eigenvalue weighted by atomic mass is 10.0. The van der Waals surface area contributed by atoms with Crippen molar-refractivity contribution in [2.24, 2.45) is 0 Å². The molecule has 1 aromatic carbocycles. The van der Waals surface area contributed by atoms with E-state index in [-0.39, 0.29) is 0 Å². The van der Waals surface area contributed by atoms with Crippen molar-refractivity contribution in [3.8, 4) is 5.75 Å². The van der Waals surface area contributed by atoms with E-state index in [1.807, 2.05) is 14.1 Å². The van der Waals surface area contributed by atoms with Crippen molar-refractivity contribution in [1.82, 2.24) is 19.8 Å². The van der Waals surface area contributed by atoms with E-state index in [0.717, 1.165) is 84.4 Å². The molecule has 0 radical (unpaired) electrons. The van der Waals surface area contributed by atoms with Gasteiger partial charge in [0.25, 0.3) is 0 Å². The second kappa shape index (κ2) is 10.8. The van der Waals surface area contributed by atoms with Crippen molar-refractivity contribution in [1.29, 1.82) is 0 Å². The van der Waals surface area contributed by atoms with Crippen LogP contribution in [0.3, 0.4) is 0 Å². The molecule has 2 fully saturated rings. The number of hydrogen-bond donors (Lipinski definition) is 1. The molecule has 0 bridgehead atoms. The maximum absolute atomic E-state index is 13.8. The third-order valence-corrected chi connectivity index (χ3v) is 7.42. The van der Waals surface area contributed by atoms with Crippen LogP contribution >= 0.6 is 0 Å². The quantitative estimate of drug-likeness (QED) is 0.401. The topological polar surface area (TPSA) is 56.5 Å². The van der Waals surface area contributed by atoms with E-state index in [1.165, 1.54) is 12.8 Å². The average molecular weight is 496 g/mol. The molecule has 2 atom stereocenters. The van der Waals surface area contributed by atoms with Gasteiger partial charge in [0, 0.05) is 62.3 Å². The molecule has 194 valence electrons. The number of anilines is 1. The first-order valence-corrected chi connectivity index (χ1v) is 13.3. The summed E-state index contributed by atoms with van der Waals surface area (Å²) in [7, 11) is 5.81. The van der Waals surface area contributed by atoms with Crippen LogP contribution in [0.2, 0.25) is 0 Å². The van der Waals surface area contributed by atoms with Gasteiger partial charge in [-0.2, -0.15) is 0 Å². The van der Waals surface area contributed by atoms with Crippen molar-refractivity contribution < 1.29 is 13.7 Å². The molecular weight excluding hydrogens is 455 g/mol. The minimum atomic E-state index is -0.756. The Balaban J connectivity index is 1.45. The smallest absolute Gasteiger partial charge is 0.152 e. The first-order chi connectivity index (χ1) is 17.4. The zero-order chi connectivity index (χ0) is 25.2. The summed E-state index contributed by atoms with van der Waals surface area (Å²) in [6.07, 6.45) is 7.66. The van der Waals surface area contributed by atoms with Gasteiger partial charge >= 0.3 is 0 Å². The zero-order valence-electron chi connectivity index (χ0n) is 22.0. The van der Waals surface area contributed by atoms with Gasteiger partial charge in [-0.25, -0.2) is 18.9 Å². The van der Waals surface area contributed by atoms with E-state index >= 15 is 0 Å². The molecule has 2 aliphatic heterocycles. The maximum atomic E-state index is 13.8. The molecule has 7 nitrogen and oxygen atoms in total. The van der Waals surface area contributed by atoms with Crippen molar-refractivity contribution >= 4 is 22.9 Å². The van der Waals surface area contributed by atoms with Crippen molar-refractivity contribution in [2.45, 2.75) is 63.3 Å². The molecule has 1 aromatic heterocycles. The molecule has 36 heavy (non-hydrogen) atoms. The molecule has 1 saturated carbocycles. The molecule has 8 heteroatoms. The highest BCUT2D eigenvalue weighted by Crippen LogP contribution is 2.32. The highest BCUT2D eigenvalue weighted by Gasteiger charge is 2.35. The van der Waals surface area contributed by atoms with Crippen LogP contribution in [0.4, 0.5) is 10.2 Å². The number of halogens is 1. The summed E-state index contributed by atoms with van der Waals surface area (Å²) in [5.74, 6) is 2.42. The maximum Gasteiger partial charge on any atom is 0.152 e. The van der Waals surface area contributed by atoms with Crippen molar-refractivity contribution in [3.63, 3.8) is 0 Å². The molecule has 1 N–H and O–H groups in total. The van der Waals surface area contributed by atoms with E-state index in [0.29, 0.717) is 25.6 Å². The minimum Gasteiger partial charge on any atom is -0.496 e. The molecule has 1 unspecified atom stereocenters. The number of nitrogens with zero attached hydrogens (tertiary/aromatic N) is 5. The van der Waals surface area contributed by atoms with Gasteiger partial charge in [-0.1, -0.05) is 12.2 Å². The van der Waals surface area contributed by atoms with E-state index in [4.69, 9.17) is 14.7 Å². The average Bonchev–Trinajstić information content (AvgIpc) is 3.60. The molecule has 5 rings (SSSR count). The number of hydrogen-bond acceptors (Lipinski definition) is 6. The Kier molecular flexibility index (Phi) is 7.53. The number of rotatable bonds is 10. The van der Waals surface area contributed by atoms with E-state index in [1.54, 1.807) is 7.11 Å². The highest BCUT2D eigenvalue weighted by molar-refractivity contribution is 5.91. The van der Waals surface area contributed by atoms with Gasteiger partial charge in [-0.05, 0) is 39.1 Å². The normalized spacial score (nSPS) is 22.8. The Hall–Kier alpha value is -2.58. The molecular formula is C28H40FN6O+. The van der Waals surface area contributed by atoms with Crippen LogP contribution < -0.4 is 10.1 Å². The number of aromatic nitrogens is 2. The monoisotopic (exact) mass is 495 g/mol. The predicted octanol–water partition coefficient (Wildman–Crippen LogP) is 3.66. The van der Waals surface area contributed by atoms with Crippen molar-refractivity contribution in [3.05, 3.63) is 35.7 Å². The highest BCUT2D eigenvalue weighted by atomic mass is 19.1. The molecule has 3 aliphatic rings. The molecule has 0 spiro atoms. The number of methoxy groups -OCH3 is 1. The molecule has 1 saturated heterocycles. The first-order valence-electron chi connectivity index (χ1n) is 13.3. The third-order valence-electron chi connectivity index (χ3n) is 7.42. The lowest BCUT2D eigenvalue weighted by molar-refractivity contribution is -0.542. The van der Waals surface area contributed by atoms with Crippen LogP contribution in [0, 0.1) is 0 Å². The second-order valence-electron chi connectivity index (χ2n) is 11.0. The third kappa shape index (κ3) is 6.03. The summed E-state index contributed by atoms with van der Waals surface area (Å²) < 4.78 is 22.1. The van der Waals surface area contributed by atoms with Gasteiger partial charge in [-0.15, -0.1) is 0 Å². The summed E-state index contributed by atoms with van der Waals surface area (Å²) in [5.41, 5.74) is 3.09. The summed E-state index contributed by atoms with van der Waals surface area (Å²) in [5, 5.41) is 4.70. The number of benzene rings is 1. The van der Waals surface area contributed by atoms with Gasteiger partial charge in [0.05, 0.1) is 19.2 Å². The van der Waals surface area contributed by atoms with Crippen LogP contribution in [0.25, 0.3) is 10.9 Å². The van der Waals surface area contributed by atoms with Gasteiger partial charge in [-0.3, -0.25) is 4.90 Å². The van der Waals surface area contributed by atoms with Gasteiger partial charge in [0.1, 0.15) is 36.3 Å². The molecule has 3 heterocycles. The van der Waals surface area contributed by atoms with E-state index in [9.17, 15) is 4.39 Å². The largest absolute Gasteiger partial charge is 0.496 e. The van der Waals surface area contributed by atoms with Crippen LogP contribution in [0.1, 0.15) is 43.5 Å². The lowest BCUT2D eigenvalue weighted by Crippen LogP contribution is -2.33. The number of ether oxygens (including phenoxy) is 1. The SMILES string of the molecule is C=C(Cc1cc2nc(CN3CC[C@@H](F)C3)nc(NC3CC=[N+](C4CC4)CC3)c2cc1OC)CN(C)C. The number of likely N-dealkylation sites (tertiary alicyclic amines) is 1. The molecule has 1 aliphatic carbocycles. The fraction of sp³-hybridized carbons (Fsp3) is 0.607. The summed E-state index contributed by atoms with van der Waals surface area (Å²) in [4.78, 5) is 14.1. The van der Waals surface area contributed by atoms with Crippen LogP contribution in [-0.2, 0) is 13.0 Å². The van der Waals surface area contributed by atoms with Gasteiger partial charge in [0.15, 0.2) is 6.04 Å². The molecule has 0 amide bonds. The Bertz CT molecular complexity index is 1140. The number of nitrogens with one attached hydrogen (secondary N) is 1. The first kappa shape index (κ1) is 25.1. The fourth-order valence-electron chi connectivity index (χ4n) is 5.50. The van der Waals surface area contributed by atoms with Crippen LogP contribution in [-0.4, -0.2) is 96.2 Å². The second-order valence-corrected chi connectivity index (χ2v) is 11.0. The van der Waals surface area contributed by atoms with Crippen LogP contribution in [0.15, 0.2) is 24.3 Å². The number of alkyl halides is 1.